The van der Waals surface area contributed by atoms with Gasteiger partial charge in [-0.05, 0) is 80.5 Å². The van der Waals surface area contributed by atoms with Gasteiger partial charge in [0.1, 0.15) is 17.6 Å². The zero-order chi connectivity index (χ0) is 18.3. The van der Waals surface area contributed by atoms with Crippen LogP contribution in [0.3, 0.4) is 0 Å². The molecule has 0 bridgehead atoms. The zero-order valence-electron chi connectivity index (χ0n) is 15.1. The lowest BCUT2D eigenvalue weighted by Gasteiger charge is -2.26. The summed E-state index contributed by atoms with van der Waals surface area (Å²) in [6.07, 6.45) is 1.81. The Hall–Kier alpha value is -2.66. The smallest absolute Gasteiger partial charge is 0.174 e. The van der Waals surface area contributed by atoms with Crippen molar-refractivity contribution < 1.29 is 4.42 Å². The van der Waals surface area contributed by atoms with Gasteiger partial charge in [0.2, 0.25) is 0 Å². The van der Waals surface area contributed by atoms with Gasteiger partial charge in [0.05, 0.1) is 11.7 Å². The molecule has 5 heteroatoms. The molecule has 1 fully saturated rings. The summed E-state index contributed by atoms with van der Waals surface area (Å²) in [7, 11) is 0. The minimum absolute atomic E-state index is 0.0740. The Bertz CT molecular complexity index is 931. The first-order valence-corrected chi connectivity index (χ1v) is 9.09. The van der Waals surface area contributed by atoms with Crippen LogP contribution >= 0.6 is 12.2 Å². The first-order chi connectivity index (χ1) is 12.5. The van der Waals surface area contributed by atoms with Gasteiger partial charge in [-0.2, -0.15) is 0 Å². The molecule has 4 rings (SSSR count). The van der Waals surface area contributed by atoms with Crippen LogP contribution in [0.15, 0.2) is 59.1 Å². The van der Waals surface area contributed by atoms with Crippen LogP contribution < -0.4 is 10.2 Å². The van der Waals surface area contributed by atoms with Gasteiger partial charge in [-0.3, -0.25) is 4.98 Å². The summed E-state index contributed by atoms with van der Waals surface area (Å²) in [5.41, 5.74) is 4.43. The van der Waals surface area contributed by atoms with Crippen LogP contribution in [0.5, 0.6) is 0 Å². The number of aromatic nitrogens is 1. The number of thiocarbonyl (C=S) groups is 1. The molecule has 4 nitrogen and oxygen atoms in total. The number of nitrogens with zero attached hydrogens (tertiary/aromatic N) is 2. The average Bonchev–Trinajstić information content (AvgIpc) is 3.18. The van der Waals surface area contributed by atoms with Gasteiger partial charge >= 0.3 is 0 Å². The largest absolute Gasteiger partial charge is 0.464 e. The van der Waals surface area contributed by atoms with E-state index in [9.17, 15) is 0 Å². The normalized spacial score (nSPS) is 19.7. The standard InChI is InChI=1S/C21H21N3OS/c1-13-10-14(2)12-16(11-13)24-20(18-8-7-15(3)25-18)19(23-21(24)26)17-6-4-5-9-22-17/h4-12,19-20H,1-3H3,(H,23,26)/t19-,20+/m1/s1. The highest BCUT2D eigenvalue weighted by Crippen LogP contribution is 2.42. The first-order valence-electron chi connectivity index (χ1n) is 8.68. The monoisotopic (exact) mass is 363 g/mol. The number of benzene rings is 1. The van der Waals surface area contributed by atoms with Crippen LogP contribution in [0.4, 0.5) is 5.69 Å². The second-order valence-electron chi connectivity index (χ2n) is 6.79. The molecule has 2 aromatic heterocycles. The molecule has 0 aliphatic carbocycles. The Kier molecular flexibility index (Phi) is 4.24. The summed E-state index contributed by atoms with van der Waals surface area (Å²) in [6.45, 7) is 6.16. The predicted octanol–water partition coefficient (Wildman–Crippen LogP) is 4.78. The first kappa shape index (κ1) is 16.8. The van der Waals surface area contributed by atoms with E-state index in [1.54, 1.807) is 0 Å². The summed E-state index contributed by atoms with van der Waals surface area (Å²) in [6, 6.07) is 16.3. The minimum Gasteiger partial charge on any atom is -0.464 e. The fourth-order valence-electron chi connectivity index (χ4n) is 3.62. The highest BCUT2D eigenvalue weighted by atomic mass is 32.1. The number of pyridine rings is 1. The zero-order valence-corrected chi connectivity index (χ0v) is 15.9. The topological polar surface area (TPSA) is 41.3 Å². The summed E-state index contributed by atoms with van der Waals surface area (Å²) >= 11 is 5.72. The number of anilines is 1. The van der Waals surface area contributed by atoms with E-state index in [0.717, 1.165) is 22.9 Å². The second kappa shape index (κ2) is 6.57. The maximum Gasteiger partial charge on any atom is 0.174 e. The van der Waals surface area contributed by atoms with E-state index in [-0.39, 0.29) is 12.1 Å². The summed E-state index contributed by atoms with van der Waals surface area (Å²) in [4.78, 5) is 6.70. The van der Waals surface area contributed by atoms with Gasteiger partial charge < -0.3 is 14.6 Å². The molecule has 0 amide bonds. The van der Waals surface area contributed by atoms with Crippen molar-refractivity contribution in [3.05, 3.63) is 83.1 Å². The molecule has 1 N–H and O–H groups in total. The molecule has 1 saturated heterocycles. The number of nitrogens with one attached hydrogen (secondary N) is 1. The van der Waals surface area contributed by atoms with Crippen LogP contribution in [-0.4, -0.2) is 10.1 Å². The van der Waals surface area contributed by atoms with E-state index in [4.69, 9.17) is 16.6 Å². The Labute approximate surface area is 158 Å². The van der Waals surface area contributed by atoms with Gasteiger partial charge in [0.15, 0.2) is 5.11 Å². The maximum absolute atomic E-state index is 6.01. The van der Waals surface area contributed by atoms with Crippen LogP contribution in [0.25, 0.3) is 0 Å². The molecule has 0 spiro atoms. The third kappa shape index (κ3) is 2.99. The molecule has 3 heterocycles. The maximum atomic E-state index is 6.01. The van der Waals surface area contributed by atoms with Gasteiger partial charge in [-0.15, -0.1) is 0 Å². The average molecular weight is 363 g/mol. The van der Waals surface area contributed by atoms with E-state index < -0.39 is 0 Å². The molecular formula is C21H21N3OS. The van der Waals surface area contributed by atoms with E-state index in [1.165, 1.54) is 11.1 Å². The third-order valence-corrected chi connectivity index (χ3v) is 4.95. The number of furan rings is 1. The fourth-order valence-corrected chi connectivity index (χ4v) is 3.97. The molecule has 26 heavy (non-hydrogen) atoms. The van der Waals surface area contributed by atoms with Crippen LogP contribution in [0.1, 0.15) is 40.4 Å². The Morgan fingerprint density at radius 2 is 1.81 bits per heavy atom. The van der Waals surface area contributed by atoms with Crippen molar-refractivity contribution in [2.24, 2.45) is 0 Å². The Morgan fingerprint density at radius 3 is 2.42 bits per heavy atom. The van der Waals surface area contributed by atoms with Gasteiger partial charge in [-0.1, -0.05) is 12.1 Å². The van der Waals surface area contributed by atoms with E-state index >= 15 is 0 Å². The predicted molar refractivity (Wildman–Crippen MR) is 107 cm³/mol. The summed E-state index contributed by atoms with van der Waals surface area (Å²) in [5, 5.41) is 4.14. The summed E-state index contributed by atoms with van der Waals surface area (Å²) < 4.78 is 6.01. The Balaban J connectivity index is 1.85. The third-order valence-electron chi connectivity index (χ3n) is 4.64. The lowest BCUT2D eigenvalue weighted by molar-refractivity contribution is 0.418. The molecule has 1 aromatic carbocycles. The molecule has 1 aliphatic rings. The van der Waals surface area contributed by atoms with Gasteiger partial charge in [-0.25, -0.2) is 0 Å². The molecule has 3 aromatic rings. The molecular weight excluding hydrogens is 342 g/mol. The van der Waals surface area contributed by atoms with E-state index in [2.05, 4.69) is 47.2 Å². The molecule has 2 atom stereocenters. The van der Waals surface area contributed by atoms with Crippen LogP contribution in [-0.2, 0) is 0 Å². The number of hydrogen-bond donors (Lipinski definition) is 1. The molecule has 0 unspecified atom stereocenters. The SMILES string of the molecule is Cc1cc(C)cc(N2C(=S)N[C@H](c3ccccn3)[C@@H]2c2ccc(C)o2)c1. The van der Waals surface area contributed by atoms with Crippen molar-refractivity contribution in [1.82, 2.24) is 10.3 Å². The molecule has 1 aliphatic heterocycles. The summed E-state index contributed by atoms with van der Waals surface area (Å²) in [5.74, 6) is 1.77. The lowest BCUT2D eigenvalue weighted by atomic mass is 10.0. The highest BCUT2D eigenvalue weighted by Gasteiger charge is 2.42. The van der Waals surface area contributed by atoms with Gasteiger partial charge in [0.25, 0.3) is 0 Å². The fraction of sp³-hybridized carbons (Fsp3) is 0.238. The second-order valence-corrected chi connectivity index (χ2v) is 7.18. The minimum atomic E-state index is -0.0905. The lowest BCUT2D eigenvalue weighted by Crippen LogP contribution is -2.29. The number of rotatable bonds is 3. The van der Waals surface area contributed by atoms with Crippen molar-refractivity contribution >= 4 is 23.0 Å². The molecule has 0 saturated carbocycles. The van der Waals surface area contributed by atoms with Crippen molar-refractivity contribution in [2.75, 3.05) is 4.90 Å². The van der Waals surface area contributed by atoms with Crippen LogP contribution in [0.2, 0.25) is 0 Å². The van der Waals surface area contributed by atoms with Crippen molar-refractivity contribution in [1.29, 1.82) is 0 Å². The van der Waals surface area contributed by atoms with Crippen molar-refractivity contribution in [3.63, 3.8) is 0 Å². The van der Waals surface area contributed by atoms with Crippen molar-refractivity contribution in [3.8, 4) is 0 Å². The van der Waals surface area contributed by atoms with E-state index in [1.807, 2.05) is 43.5 Å². The van der Waals surface area contributed by atoms with E-state index in [0.29, 0.717) is 5.11 Å². The van der Waals surface area contributed by atoms with Crippen molar-refractivity contribution in [2.45, 2.75) is 32.9 Å². The Morgan fingerprint density at radius 1 is 1.04 bits per heavy atom. The van der Waals surface area contributed by atoms with Gasteiger partial charge in [0, 0.05) is 11.9 Å². The highest BCUT2D eigenvalue weighted by molar-refractivity contribution is 7.80. The number of aryl methyl sites for hydroxylation is 3. The molecule has 0 radical (unpaired) electrons. The molecule has 132 valence electrons. The number of hydrogen-bond acceptors (Lipinski definition) is 3. The van der Waals surface area contributed by atoms with Crippen LogP contribution in [0, 0.1) is 20.8 Å². The quantitative estimate of drug-likeness (QED) is 0.679.